The molecular formula is C13H16N2O. The molecule has 2 bridgehead atoms. The van der Waals surface area contributed by atoms with Gasteiger partial charge in [-0.05, 0) is 35.5 Å². The maximum Gasteiger partial charge on any atom is 0.137 e. The average molecular weight is 216 g/mol. The van der Waals surface area contributed by atoms with Crippen molar-refractivity contribution >= 4 is 5.57 Å². The van der Waals surface area contributed by atoms with Crippen molar-refractivity contribution in [3.05, 3.63) is 30.1 Å². The van der Waals surface area contributed by atoms with E-state index in [-0.39, 0.29) is 0 Å². The van der Waals surface area contributed by atoms with Crippen molar-refractivity contribution < 1.29 is 4.74 Å². The van der Waals surface area contributed by atoms with Gasteiger partial charge < -0.3 is 10.1 Å². The topological polar surface area (TPSA) is 34.1 Å². The van der Waals surface area contributed by atoms with Crippen LogP contribution in [-0.2, 0) is 0 Å². The van der Waals surface area contributed by atoms with Crippen molar-refractivity contribution in [2.45, 2.75) is 6.42 Å². The Morgan fingerprint density at radius 1 is 1.38 bits per heavy atom. The molecule has 2 aliphatic rings. The third-order valence-electron chi connectivity index (χ3n) is 3.52. The molecule has 1 aromatic heterocycles. The number of fused-ring (bicyclic) bond motifs is 2. The van der Waals surface area contributed by atoms with E-state index in [1.54, 1.807) is 13.3 Å². The van der Waals surface area contributed by atoms with Crippen LogP contribution >= 0.6 is 0 Å². The first-order valence-corrected chi connectivity index (χ1v) is 5.78. The number of nitrogens with one attached hydrogen (secondary N) is 1. The summed E-state index contributed by atoms with van der Waals surface area (Å²) in [5, 5.41) is 3.47. The van der Waals surface area contributed by atoms with Gasteiger partial charge in [0, 0.05) is 19.3 Å². The number of aromatic nitrogens is 1. The summed E-state index contributed by atoms with van der Waals surface area (Å²) in [6.45, 7) is 2.22. The van der Waals surface area contributed by atoms with E-state index >= 15 is 0 Å². The number of methoxy groups -OCH3 is 1. The van der Waals surface area contributed by atoms with Crippen LogP contribution in [-0.4, -0.2) is 25.2 Å². The third-order valence-corrected chi connectivity index (χ3v) is 3.52. The molecule has 1 aliphatic carbocycles. The molecule has 1 N–H and O–H groups in total. The summed E-state index contributed by atoms with van der Waals surface area (Å²) >= 11 is 0. The van der Waals surface area contributed by atoms with E-state index in [0.29, 0.717) is 11.8 Å². The van der Waals surface area contributed by atoms with Gasteiger partial charge in [0.15, 0.2) is 0 Å². The minimum Gasteiger partial charge on any atom is -0.495 e. The molecule has 3 nitrogen and oxygen atoms in total. The Kier molecular flexibility index (Phi) is 2.40. The molecule has 0 saturated carbocycles. The fourth-order valence-electron chi connectivity index (χ4n) is 2.75. The molecule has 0 spiro atoms. The number of hydrogen-bond acceptors (Lipinski definition) is 3. The Hall–Kier alpha value is -1.35. The van der Waals surface area contributed by atoms with Gasteiger partial charge in [-0.1, -0.05) is 6.08 Å². The van der Waals surface area contributed by atoms with Crippen molar-refractivity contribution in [3.8, 4) is 5.75 Å². The molecule has 1 aliphatic heterocycles. The Balaban J connectivity index is 1.94. The van der Waals surface area contributed by atoms with Gasteiger partial charge in [0.1, 0.15) is 5.75 Å². The van der Waals surface area contributed by atoms with Gasteiger partial charge in [-0.15, -0.1) is 0 Å². The van der Waals surface area contributed by atoms with Crippen molar-refractivity contribution in [1.29, 1.82) is 0 Å². The first-order valence-electron chi connectivity index (χ1n) is 5.78. The summed E-state index contributed by atoms with van der Waals surface area (Å²) in [6, 6.07) is 2.08. The highest BCUT2D eigenvalue weighted by molar-refractivity contribution is 5.70. The van der Waals surface area contributed by atoms with Crippen LogP contribution < -0.4 is 10.1 Å². The molecule has 1 fully saturated rings. The molecule has 1 saturated heterocycles. The number of ether oxygens (including phenoxy) is 1. The SMILES string of the molecule is COc1cncc(C2=CC3CNCC2C3)c1. The van der Waals surface area contributed by atoms with E-state index in [1.165, 1.54) is 17.6 Å². The second-order valence-electron chi connectivity index (χ2n) is 4.59. The number of pyridine rings is 1. The van der Waals surface area contributed by atoms with Crippen LogP contribution in [0.2, 0.25) is 0 Å². The lowest BCUT2D eigenvalue weighted by molar-refractivity contribution is 0.406. The standard InChI is InChI=1S/C13H16N2O/c1-16-12-4-11(7-15-8-12)13-3-9-2-10(13)6-14-5-9/h3-4,7-10,14H,2,5-6H2,1H3. The fraction of sp³-hybridized carbons (Fsp3) is 0.462. The van der Waals surface area contributed by atoms with Crippen LogP contribution in [0.5, 0.6) is 5.75 Å². The van der Waals surface area contributed by atoms with Crippen LogP contribution in [0, 0.1) is 11.8 Å². The summed E-state index contributed by atoms with van der Waals surface area (Å²) in [4.78, 5) is 4.23. The zero-order chi connectivity index (χ0) is 11.0. The minimum absolute atomic E-state index is 0.660. The molecule has 1 aromatic rings. The molecule has 0 aromatic carbocycles. The minimum atomic E-state index is 0.660. The number of hydrogen-bond donors (Lipinski definition) is 1. The van der Waals surface area contributed by atoms with Gasteiger partial charge in [0.05, 0.1) is 13.3 Å². The quantitative estimate of drug-likeness (QED) is 0.817. The Bertz CT molecular complexity index is 428. The fourth-order valence-corrected chi connectivity index (χ4v) is 2.75. The smallest absolute Gasteiger partial charge is 0.137 e. The molecule has 0 amide bonds. The van der Waals surface area contributed by atoms with Gasteiger partial charge in [-0.3, -0.25) is 4.98 Å². The molecule has 2 unspecified atom stereocenters. The summed E-state index contributed by atoms with van der Waals surface area (Å²) in [5.41, 5.74) is 2.66. The van der Waals surface area contributed by atoms with E-state index < -0.39 is 0 Å². The Labute approximate surface area is 95.5 Å². The van der Waals surface area contributed by atoms with Crippen LogP contribution in [0.3, 0.4) is 0 Å². The normalized spacial score (nSPS) is 27.7. The lowest BCUT2D eigenvalue weighted by Gasteiger charge is -2.21. The highest BCUT2D eigenvalue weighted by atomic mass is 16.5. The van der Waals surface area contributed by atoms with E-state index in [1.807, 2.05) is 6.20 Å². The van der Waals surface area contributed by atoms with Crippen LogP contribution in [0.1, 0.15) is 12.0 Å². The van der Waals surface area contributed by atoms with Crippen LogP contribution in [0.15, 0.2) is 24.5 Å². The van der Waals surface area contributed by atoms with Gasteiger partial charge in [0.2, 0.25) is 0 Å². The lowest BCUT2D eigenvalue weighted by atomic mass is 9.93. The molecule has 3 heteroatoms. The van der Waals surface area contributed by atoms with Crippen LogP contribution in [0.4, 0.5) is 0 Å². The van der Waals surface area contributed by atoms with Crippen LogP contribution in [0.25, 0.3) is 5.57 Å². The molecule has 16 heavy (non-hydrogen) atoms. The largest absolute Gasteiger partial charge is 0.495 e. The average Bonchev–Trinajstić information content (AvgIpc) is 2.64. The van der Waals surface area contributed by atoms with E-state index in [4.69, 9.17) is 4.74 Å². The van der Waals surface area contributed by atoms with Gasteiger partial charge in [-0.25, -0.2) is 0 Å². The highest BCUT2D eigenvalue weighted by Gasteiger charge is 2.30. The Morgan fingerprint density at radius 2 is 2.31 bits per heavy atom. The predicted molar refractivity (Wildman–Crippen MR) is 63.2 cm³/mol. The van der Waals surface area contributed by atoms with Crippen molar-refractivity contribution in [3.63, 3.8) is 0 Å². The molecule has 0 radical (unpaired) electrons. The Morgan fingerprint density at radius 3 is 3.12 bits per heavy atom. The summed E-state index contributed by atoms with van der Waals surface area (Å²) < 4.78 is 5.22. The molecule has 3 rings (SSSR count). The first kappa shape index (κ1) is 9.85. The van der Waals surface area contributed by atoms with Crippen molar-refractivity contribution in [2.24, 2.45) is 11.8 Å². The number of rotatable bonds is 2. The first-order chi connectivity index (χ1) is 7.86. The summed E-state index contributed by atoms with van der Waals surface area (Å²) in [5.74, 6) is 2.21. The number of nitrogens with zero attached hydrogens (tertiary/aromatic N) is 1. The van der Waals surface area contributed by atoms with E-state index in [0.717, 1.165) is 18.8 Å². The zero-order valence-corrected chi connectivity index (χ0v) is 9.44. The summed E-state index contributed by atoms with van der Waals surface area (Å²) in [7, 11) is 1.68. The lowest BCUT2D eigenvalue weighted by Crippen LogP contribution is -2.31. The summed E-state index contributed by atoms with van der Waals surface area (Å²) in [6.07, 6.45) is 7.39. The van der Waals surface area contributed by atoms with E-state index in [2.05, 4.69) is 22.4 Å². The molecule has 2 heterocycles. The third kappa shape index (κ3) is 1.61. The molecule has 2 atom stereocenters. The monoisotopic (exact) mass is 216 g/mol. The van der Waals surface area contributed by atoms with E-state index in [9.17, 15) is 0 Å². The highest BCUT2D eigenvalue weighted by Crippen LogP contribution is 2.39. The second-order valence-corrected chi connectivity index (χ2v) is 4.59. The number of piperidine rings is 1. The van der Waals surface area contributed by atoms with Gasteiger partial charge in [-0.2, -0.15) is 0 Å². The maximum atomic E-state index is 5.22. The second kappa shape index (κ2) is 3.91. The van der Waals surface area contributed by atoms with Gasteiger partial charge >= 0.3 is 0 Å². The van der Waals surface area contributed by atoms with Crippen molar-refractivity contribution in [1.82, 2.24) is 10.3 Å². The maximum absolute atomic E-state index is 5.22. The molecule has 84 valence electrons. The zero-order valence-electron chi connectivity index (χ0n) is 9.44. The molecular weight excluding hydrogens is 200 g/mol. The van der Waals surface area contributed by atoms with Crippen molar-refractivity contribution in [2.75, 3.05) is 20.2 Å². The van der Waals surface area contributed by atoms with Gasteiger partial charge in [0.25, 0.3) is 0 Å². The predicted octanol–water partition coefficient (Wildman–Crippen LogP) is 1.71.